The van der Waals surface area contributed by atoms with Crippen LogP contribution in [0.15, 0.2) is 72.8 Å². The van der Waals surface area contributed by atoms with Gasteiger partial charge >= 0.3 is 0 Å². The van der Waals surface area contributed by atoms with Crippen LogP contribution in [-0.4, -0.2) is 43.5 Å². The normalized spacial score (nSPS) is 26.4. The van der Waals surface area contributed by atoms with Crippen molar-refractivity contribution in [1.29, 1.82) is 0 Å². The van der Waals surface area contributed by atoms with Gasteiger partial charge in [0.05, 0.1) is 38.6 Å². The van der Waals surface area contributed by atoms with Gasteiger partial charge in [-0.05, 0) is 35.8 Å². The summed E-state index contributed by atoms with van der Waals surface area (Å²) in [6.07, 6.45) is 7.67. The van der Waals surface area contributed by atoms with Gasteiger partial charge in [0.15, 0.2) is 0 Å². The second kappa shape index (κ2) is 8.16. The maximum absolute atomic E-state index is 13.6. The third-order valence-corrected chi connectivity index (χ3v) is 7.26. The van der Waals surface area contributed by atoms with Crippen LogP contribution >= 0.6 is 0 Å². The fourth-order valence-electron chi connectivity index (χ4n) is 5.70. The highest BCUT2D eigenvalue weighted by Crippen LogP contribution is 2.42. The molecule has 5 rings (SSSR count). The van der Waals surface area contributed by atoms with E-state index in [0.29, 0.717) is 0 Å². The average molecular weight is 388 g/mol. The molecule has 1 saturated carbocycles. The van der Waals surface area contributed by atoms with Gasteiger partial charge in [-0.3, -0.25) is 4.79 Å². The Labute approximate surface area is 174 Å². The minimum atomic E-state index is -0.199. The number of hydrogen-bond donors (Lipinski definition) is 1. The topological polar surface area (TPSA) is 24.8 Å². The van der Waals surface area contributed by atoms with Crippen molar-refractivity contribution < 1.29 is 9.69 Å². The molecule has 1 saturated heterocycles. The maximum atomic E-state index is 13.6. The van der Waals surface area contributed by atoms with Gasteiger partial charge in [0.2, 0.25) is 5.91 Å². The third-order valence-electron chi connectivity index (χ3n) is 7.26. The molecule has 1 N–H and O–H groups in total. The summed E-state index contributed by atoms with van der Waals surface area (Å²) in [7, 11) is 0. The van der Waals surface area contributed by atoms with E-state index in [4.69, 9.17) is 0 Å². The molecule has 3 nitrogen and oxygen atoms in total. The highest BCUT2D eigenvalue weighted by atomic mass is 16.2. The van der Waals surface area contributed by atoms with E-state index in [2.05, 4.69) is 41.3 Å². The van der Waals surface area contributed by atoms with Gasteiger partial charge in [0, 0.05) is 5.92 Å². The Balaban J connectivity index is 1.25. The number of fused-ring (bicyclic) bond motifs is 2. The van der Waals surface area contributed by atoms with Crippen molar-refractivity contribution in [2.45, 2.75) is 18.8 Å². The van der Waals surface area contributed by atoms with Crippen molar-refractivity contribution in [3.05, 3.63) is 83.9 Å². The van der Waals surface area contributed by atoms with E-state index in [1.165, 1.54) is 19.4 Å². The number of carbonyl (C=O) groups excluding carboxylic acids is 1. The summed E-state index contributed by atoms with van der Waals surface area (Å²) in [6, 6.07) is 20.5. The average Bonchev–Trinajstić information content (AvgIpc) is 3.39. The lowest BCUT2D eigenvalue weighted by atomic mass is 9.89. The van der Waals surface area contributed by atoms with E-state index < -0.39 is 0 Å². The largest absolute Gasteiger partial charge is 0.332 e. The molecule has 2 aliphatic carbocycles. The number of carbonyl (C=O) groups is 1. The Kier molecular flexibility index (Phi) is 5.24. The first-order chi connectivity index (χ1) is 14.3. The van der Waals surface area contributed by atoms with Crippen LogP contribution in [0.25, 0.3) is 0 Å². The number of benzene rings is 2. The van der Waals surface area contributed by atoms with Crippen LogP contribution in [0.5, 0.6) is 0 Å². The molecule has 3 aliphatic rings. The predicted octanol–water partition coefficient (Wildman–Crippen LogP) is 2.76. The number of piperazine rings is 1. The Morgan fingerprint density at radius 3 is 2.03 bits per heavy atom. The minimum absolute atomic E-state index is 0.199. The van der Waals surface area contributed by atoms with Crippen molar-refractivity contribution in [2.24, 2.45) is 17.8 Å². The van der Waals surface area contributed by atoms with Crippen LogP contribution in [0.4, 0.5) is 0 Å². The number of nitrogens with one attached hydrogen (secondary N) is 1. The molecule has 150 valence electrons. The number of nitrogens with zero attached hydrogens (tertiary/aromatic N) is 1. The van der Waals surface area contributed by atoms with Crippen LogP contribution in [0.2, 0.25) is 0 Å². The molecule has 2 aromatic carbocycles. The molecule has 1 amide bonds. The molecular weight excluding hydrogens is 356 g/mol. The second-order valence-electron chi connectivity index (χ2n) is 9.07. The molecular formula is C26H31N2O+. The summed E-state index contributed by atoms with van der Waals surface area (Å²) in [5, 5.41) is 0. The summed E-state index contributed by atoms with van der Waals surface area (Å²) >= 11 is 0. The van der Waals surface area contributed by atoms with E-state index >= 15 is 0 Å². The Hall–Kier alpha value is -2.39. The van der Waals surface area contributed by atoms with Crippen LogP contribution in [0.1, 0.15) is 29.9 Å². The zero-order valence-corrected chi connectivity index (χ0v) is 17.0. The third kappa shape index (κ3) is 3.89. The minimum Gasteiger partial charge on any atom is -0.332 e. The van der Waals surface area contributed by atoms with Crippen molar-refractivity contribution in [2.75, 3.05) is 32.7 Å². The molecule has 1 aliphatic heterocycles. The van der Waals surface area contributed by atoms with Gasteiger partial charge < -0.3 is 9.80 Å². The van der Waals surface area contributed by atoms with Crippen molar-refractivity contribution >= 4 is 5.91 Å². The standard InChI is InChI=1S/C26H30N2O/c29-26(25(21-7-3-1-4-8-21)22-9-5-2-6-10-22)28-15-13-27(14-16-28)19-24-18-20-11-12-23(24)17-20/h1-12,20,23-25H,13-19H2/p+1/t20-,23+,24-/m1/s1. The highest BCUT2D eigenvalue weighted by molar-refractivity contribution is 5.87. The fourth-order valence-corrected chi connectivity index (χ4v) is 5.70. The number of rotatable bonds is 5. The van der Waals surface area contributed by atoms with Crippen molar-refractivity contribution in [1.82, 2.24) is 4.90 Å². The molecule has 0 spiro atoms. The molecule has 29 heavy (non-hydrogen) atoms. The summed E-state index contributed by atoms with van der Waals surface area (Å²) < 4.78 is 0. The molecule has 0 aromatic heterocycles. The smallest absolute Gasteiger partial charge is 0.234 e. The Morgan fingerprint density at radius 2 is 1.52 bits per heavy atom. The number of hydrogen-bond acceptors (Lipinski definition) is 1. The summed E-state index contributed by atoms with van der Waals surface area (Å²) in [5.41, 5.74) is 2.18. The second-order valence-corrected chi connectivity index (χ2v) is 9.07. The first-order valence-electron chi connectivity index (χ1n) is 11.2. The lowest BCUT2D eigenvalue weighted by Crippen LogP contribution is -3.15. The van der Waals surface area contributed by atoms with E-state index in [0.717, 1.165) is 55.1 Å². The molecule has 2 bridgehead atoms. The molecule has 2 aromatic rings. The van der Waals surface area contributed by atoms with Gasteiger partial charge in [-0.15, -0.1) is 0 Å². The van der Waals surface area contributed by atoms with Gasteiger partial charge in [0.25, 0.3) is 0 Å². The molecule has 0 unspecified atom stereocenters. The first kappa shape index (κ1) is 18.6. The van der Waals surface area contributed by atoms with Gasteiger partial charge in [-0.1, -0.05) is 72.8 Å². The maximum Gasteiger partial charge on any atom is 0.234 e. The van der Waals surface area contributed by atoms with E-state index in [1.807, 2.05) is 36.4 Å². The number of amides is 1. The van der Waals surface area contributed by atoms with Crippen LogP contribution < -0.4 is 4.90 Å². The molecule has 3 atom stereocenters. The first-order valence-corrected chi connectivity index (χ1v) is 11.2. The fraction of sp³-hybridized carbons (Fsp3) is 0.423. The summed E-state index contributed by atoms with van der Waals surface area (Å²) in [6.45, 7) is 5.20. The number of allylic oxidation sites excluding steroid dienone is 2. The quantitative estimate of drug-likeness (QED) is 0.784. The predicted molar refractivity (Wildman–Crippen MR) is 116 cm³/mol. The Morgan fingerprint density at radius 1 is 0.897 bits per heavy atom. The molecule has 1 heterocycles. The molecule has 0 radical (unpaired) electrons. The number of quaternary nitrogens is 1. The zero-order valence-electron chi connectivity index (χ0n) is 17.0. The molecule has 2 fully saturated rings. The van der Waals surface area contributed by atoms with E-state index in [9.17, 15) is 4.79 Å². The van der Waals surface area contributed by atoms with Crippen molar-refractivity contribution in [3.63, 3.8) is 0 Å². The Bertz CT molecular complexity index is 815. The zero-order chi connectivity index (χ0) is 19.6. The monoisotopic (exact) mass is 387 g/mol. The summed E-state index contributed by atoms with van der Waals surface area (Å²) in [5.74, 6) is 2.60. The summed E-state index contributed by atoms with van der Waals surface area (Å²) in [4.78, 5) is 17.4. The SMILES string of the molecule is O=C(C(c1ccccc1)c1ccccc1)N1CC[NH+](C[C@H]2C[C@@H]3C=C[C@H]2C3)CC1. The lowest BCUT2D eigenvalue weighted by molar-refractivity contribution is -0.907. The van der Waals surface area contributed by atoms with Crippen LogP contribution in [-0.2, 0) is 4.79 Å². The molecule has 3 heteroatoms. The van der Waals surface area contributed by atoms with E-state index in [1.54, 1.807) is 4.90 Å². The highest BCUT2D eigenvalue weighted by Gasteiger charge is 2.39. The van der Waals surface area contributed by atoms with Gasteiger partial charge in [-0.25, -0.2) is 0 Å². The van der Waals surface area contributed by atoms with Crippen molar-refractivity contribution in [3.8, 4) is 0 Å². The van der Waals surface area contributed by atoms with Crippen LogP contribution in [0, 0.1) is 17.8 Å². The lowest BCUT2D eigenvalue weighted by Gasteiger charge is -2.36. The van der Waals surface area contributed by atoms with Crippen LogP contribution in [0.3, 0.4) is 0 Å². The van der Waals surface area contributed by atoms with Gasteiger partial charge in [-0.2, -0.15) is 0 Å². The van der Waals surface area contributed by atoms with Gasteiger partial charge in [0.1, 0.15) is 0 Å². The van der Waals surface area contributed by atoms with E-state index in [-0.39, 0.29) is 11.8 Å².